The monoisotopic (exact) mass is 353 g/mol. The lowest BCUT2D eigenvalue weighted by Crippen LogP contribution is -2.43. The Bertz CT molecular complexity index is 764. The smallest absolute Gasteiger partial charge is 0.318 e. The quantitative estimate of drug-likeness (QED) is 0.887. The maximum absolute atomic E-state index is 12.8. The van der Waals surface area contributed by atoms with Crippen molar-refractivity contribution in [2.24, 2.45) is 0 Å². The fraction of sp³-hybridized carbons (Fsp3) is 0.300. The molecule has 1 aliphatic heterocycles. The summed E-state index contributed by atoms with van der Waals surface area (Å²) >= 11 is 0. The van der Waals surface area contributed by atoms with Gasteiger partial charge < -0.3 is 20.3 Å². The molecule has 1 saturated heterocycles. The fourth-order valence-electron chi connectivity index (χ4n) is 3.11. The fourth-order valence-corrected chi connectivity index (χ4v) is 3.11. The lowest BCUT2D eigenvalue weighted by Gasteiger charge is -2.29. The molecular weight excluding hydrogens is 330 g/mol. The lowest BCUT2D eigenvalue weighted by molar-refractivity contribution is -0.121. The van der Waals surface area contributed by atoms with Crippen molar-refractivity contribution in [1.29, 1.82) is 0 Å². The number of hydrogen-bond donors (Lipinski definition) is 2. The molecule has 136 valence electrons. The highest BCUT2D eigenvalue weighted by Gasteiger charge is 2.29. The molecule has 3 rings (SSSR count). The van der Waals surface area contributed by atoms with Crippen molar-refractivity contribution in [3.05, 3.63) is 65.7 Å². The van der Waals surface area contributed by atoms with Gasteiger partial charge in [-0.25, -0.2) is 4.79 Å². The van der Waals surface area contributed by atoms with E-state index in [0.29, 0.717) is 19.6 Å². The van der Waals surface area contributed by atoms with Crippen LogP contribution in [-0.4, -0.2) is 37.0 Å². The molecule has 1 aliphatic rings. The summed E-state index contributed by atoms with van der Waals surface area (Å²) < 4.78 is 5.21. The van der Waals surface area contributed by atoms with Crippen molar-refractivity contribution < 1.29 is 14.3 Å². The van der Waals surface area contributed by atoms with Gasteiger partial charge in [-0.15, -0.1) is 0 Å². The summed E-state index contributed by atoms with van der Waals surface area (Å²) in [6.07, 6.45) is 0.261. The first-order valence-electron chi connectivity index (χ1n) is 8.66. The standard InChI is InChI=1S/C20H23N3O3/c1-26-17-9-5-6-15(12-17)14-22-20(25)23-11-10-21-19(24)13-18(23)16-7-3-2-4-8-16/h2-9,12,18H,10-11,13-14H2,1H3,(H,21,24)(H,22,25)/t18-/m0/s1. The van der Waals surface area contributed by atoms with Crippen LogP contribution in [0.5, 0.6) is 5.75 Å². The first-order valence-corrected chi connectivity index (χ1v) is 8.66. The minimum atomic E-state index is -0.274. The summed E-state index contributed by atoms with van der Waals surface area (Å²) in [6, 6.07) is 16.8. The van der Waals surface area contributed by atoms with Gasteiger partial charge in [0.05, 0.1) is 19.6 Å². The highest BCUT2D eigenvalue weighted by molar-refractivity contribution is 5.80. The molecule has 2 aromatic rings. The van der Waals surface area contributed by atoms with Crippen LogP contribution in [0.4, 0.5) is 4.79 Å². The van der Waals surface area contributed by atoms with E-state index in [1.54, 1.807) is 12.0 Å². The van der Waals surface area contributed by atoms with Gasteiger partial charge >= 0.3 is 6.03 Å². The molecule has 0 bridgehead atoms. The molecule has 2 N–H and O–H groups in total. The van der Waals surface area contributed by atoms with Crippen molar-refractivity contribution in [3.63, 3.8) is 0 Å². The van der Waals surface area contributed by atoms with Crippen LogP contribution in [0.15, 0.2) is 54.6 Å². The number of amides is 3. The Hall–Kier alpha value is -3.02. The first-order chi connectivity index (χ1) is 12.7. The second-order valence-electron chi connectivity index (χ2n) is 6.18. The highest BCUT2D eigenvalue weighted by Crippen LogP contribution is 2.25. The van der Waals surface area contributed by atoms with Gasteiger partial charge in [-0.05, 0) is 23.3 Å². The van der Waals surface area contributed by atoms with E-state index in [1.807, 2.05) is 54.6 Å². The van der Waals surface area contributed by atoms with E-state index in [0.717, 1.165) is 16.9 Å². The molecule has 0 saturated carbocycles. The third-order valence-corrected chi connectivity index (χ3v) is 4.45. The number of nitrogens with one attached hydrogen (secondary N) is 2. The molecule has 3 amide bonds. The zero-order valence-corrected chi connectivity index (χ0v) is 14.8. The Balaban J connectivity index is 1.73. The van der Waals surface area contributed by atoms with Crippen LogP contribution in [-0.2, 0) is 11.3 Å². The van der Waals surface area contributed by atoms with Crippen molar-refractivity contribution in [3.8, 4) is 5.75 Å². The number of nitrogens with zero attached hydrogens (tertiary/aromatic N) is 1. The van der Waals surface area contributed by atoms with Gasteiger partial charge in [0.2, 0.25) is 5.91 Å². The van der Waals surface area contributed by atoms with Gasteiger partial charge in [-0.3, -0.25) is 4.79 Å². The largest absolute Gasteiger partial charge is 0.497 e. The number of carbonyl (C=O) groups is 2. The van der Waals surface area contributed by atoms with Gasteiger partial charge in [0.15, 0.2) is 0 Å². The number of hydrogen-bond acceptors (Lipinski definition) is 3. The molecule has 1 atom stereocenters. The van der Waals surface area contributed by atoms with Gasteiger partial charge in [-0.2, -0.15) is 0 Å². The molecule has 6 heteroatoms. The molecule has 0 aromatic heterocycles. The maximum atomic E-state index is 12.8. The van der Waals surface area contributed by atoms with Crippen molar-refractivity contribution in [2.45, 2.75) is 19.0 Å². The number of carbonyl (C=O) groups excluding carboxylic acids is 2. The van der Waals surface area contributed by atoms with E-state index < -0.39 is 0 Å². The Labute approximate surface area is 153 Å². The molecule has 1 fully saturated rings. The lowest BCUT2D eigenvalue weighted by atomic mass is 10.0. The van der Waals surface area contributed by atoms with E-state index in [2.05, 4.69) is 10.6 Å². The van der Waals surface area contributed by atoms with Crippen LogP contribution in [0.25, 0.3) is 0 Å². The van der Waals surface area contributed by atoms with Crippen LogP contribution in [0.2, 0.25) is 0 Å². The van der Waals surface area contributed by atoms with E-state index in [4.69, 9.17) is 4.74 Å². The van der Waals surface area contributed by atoms with Crippen molar-refractivity contribution in [2.75, 3.05) is 20.2 Å². The van der Waals surface area contributed by atoms with E-state index in [1.165, 1.54) is 0 Å². The predicted octanol–water partition coefficient (Wildman–Crippen LogP) is 2.47. The molecule has 2 aromatic carbocycles. The summed E-state index contributed by atoms with van der Waals surface area (Å²) in [5, 5.41) is 5.80. The molecule has 1 heterocycles. The maximum Gasteiger partial charge on any atom is 0.318 e. The molecule has 0 unspecified atom stereocenters. The predicted molar refractivity (Wildman–Crippen MR) is 98.7 cm³/mol. The van der Waals surface area contributed by atoms with E-state index in [9.17, 15) is 9.59 Å². The first kappa shape index (κ1) is 17.8. The average molecular weight is 353 g/mol. The number of benzene rings is 2. The van der Waals surface area contributed by atoms with Crippen LogP contribution < -0.4 is 15.4 Å². The summed E-state index contributed by atoms with van der Waals surface area (Å²) in [5.74, 6) is 0.713. The van der Waals surface area contributed by atoms with Gasteiger partial charge in [-0.1, -0.05) is 42.5 Å². The molecule has 0 radical (unpaired) electrons. The van der Waals surface area contributed by atoms with Crippen LogP contribution in [0.3, 0.4) is 0 Å². The number of methoxy groups -OCH3 is 1. The summed E-state index contributed by atoms with van der Waals surface area (Å²) in [6.45, 7) is 1.32. The Morgan fingerprint density at radius 1 is 1.23 bits per heavy atom. The second kappa shape index (κ2) is 8.38. The number of rotatable bonds is 4. The Kier molecular flexibility index (Phi) is 5.73. The van der Waals surface area contributed by atoms with Gasteiger partial charge in [0, 0.05) is 19.6 Å². The normalized spacial score (nSPS) is 17.2. The molecule has 26 heavy (non-hydrogen) atoms. The van der Waals surface area contributed by atoms with E-state index >= 15 is 0 Å². The van der Waals surface area contributed by atoms with Crippen molar-refractivity contribution in [1.82, 2.24) is 15.5 Å². The third-order valence-electron chi connectivity index (χ3n) is 4.45. The topological polar surface area (TPSA) is 70.7 Å². The molecule has 6 nitrogen and oxygen atoms in total. The highest BCUT2D eigenvalue weighted by atomic mass is 16.5. The van der Waals surface area contributed by atoms with Crippen LogP contribution in [0, 0.1) is 0 Å². The Morgan fingerprint density at radius 2 is 2.04 bits per heavy atom. The number of ether oxygens (including phenoxy) is 1. The third kappa shape index (κ3) is 4.33. The Morgan fingerprint density at radius 3 is 2.81 bits per heavy atom. The van der Waals surface area contributed by atoms with Gasteiger partial charge in [0.25, 0.3) is 0 Å². The van der Waals surface area contributed by atoms with Gasteiger partial charge in [0.1, 0.15) is 5.75 Å². The zero-order valence-electron chi connectivity index (χ0n) is 14.8. The molecule has 0 spiro atoms. The molecular formula is C20H23N3O3. The summed E-state index contributed by atoms with van der Waals surface area (Å²) in [4.78, 5) is 26.5. The zero-order chi connectivity index (χ0) is 18.4. The second-order valence-corrected chi connectivity index (χ2v) is 6.18. The van der Waals surface area contributed by atoms with Crippen molar-refractivity contribution >= 4 is 11.9 Å². The van der Waals surface area contributed by atoms with Crippen LogP contribution >= 0.6 is 0 Å². The average Bonchev–Trinajstić information content (AvgIpc) is 2.88. The summed E-state index contributed by atoms with van der Waals surface area (Å²) in [5.41, 5.74) is 1.92. The molecule has 0 aliphatic carbocycles. The van der Waals surface area contributed by atoms with Crippen LogP contribution in [0.1, 0.15) is 23.6 Å². The minimum Gasteiger partial charge on any atom is -0.497 e. The number of urea groups is 1. The van der Waals surface area contributed by atoms with E-state index in [-0.39, 0.29) is 24.4 Å². The minimum absolute atomic E-state index is 0.0399. The summed E-state index contributed by atoms with van der Waals surface area (Å²) in [7, 11) is 1.61. The SMILES string of the molecule is COc1cccc(CNC(=O)N2CCNC(=O)C[C@H]2c2ccccc2)c1.